The Bertz CT molecular complexity index is 1510. The van der Waals surface area contributed by atoms with Gasteiger partial charge in [0.25, 0.3) is 0 Å². The lowest BCUT2D eigenvalue weighted by Crippen LogP contribution is -2.30. The first-order chi connectivity index (χ1) is 36.5. The molecule has 422 valence electrons. The largest absolute Gasteiger partial charge is 0.462 e. The van der Waals surface area contributed by atoms with Crippen LogP contribution in [0.15, 0.2) is 109 Å². The van der Waals surface area contributed by atoms with Crippen molar-refractivity contribution in [3.8, 4) is 0 Å². The Morgan fingerprint density at radius 3 is 0.824 bits per heavy atom. The molecule has 0 heterocycles. The molecular formula is C68H114O6. The number of hydrogen-bond acceptors (Lipinski definition) is 6. The van der Waals surface area contributed by atoms with Crippen molar-refractivity contribution >= 4 is 17.9 Å². The van der Waals surface area contributed by atoms with Gasteiger partial charge in [-0.3, -0.25) is 14.4 Å². The van der Waals surface area contributed by atoms with Crippen molar-refractivity contribution in [2.45, 2.75) is 290 Å². The minimum absolute atomic E-state index is 0.0933. The summed E-state index contributed by atoms with van der Waals surface area (Å²) in [6.07, 6.45) is 83.9. The van der Waals surface area contributed by atoms with Gasteiger partial charge in [-0.1, -0.05) is 291 Å². The molecular weight excluding hydrogens is 913 g/mol. The highest BCUT2D eigenvalue weighted by atomic mass is 16.6. The summed E-state index contributed by atoms with van der Waals surface area (Å²) in [6, 6.07) is 0. The average Bonchev–Trinajstić information content (AvgIpc) is 3.40. The number of allylic oxidation sites excluding steroid dienone is 18. The van der Waals surface area contributed by atoms with Gasteiger partial charge in [0.05, 0.1) is 0 Å². The van der Waals surface area contributed by atoms with E-state index < -0.39 is 6.10 Å². The van der Waals surface area contributed by atoms with Gasteiger partial charge in [-0.15, -0.1) is 0 Å². The molecule has 0 rings (SSSR count). The zero-order valence-corrected chi connectivity index (χ0v) is 48.3. The number of carbonyl (C=O) groups excluding carboxylic acids is 3. The Balaban J connectivity index is 4.34. The van der Waals surface area contributed by atoms with Gasteiger partial charge in [-0.25, -0.2) is 0 Å². The van der Waals surface area contributed by atoms with E-state index in [-0.39, 0.29) is 37.5 Å². The highest BCUT2D eigenvalue weighted by Crippen LogP contribution is 2.16. The number of rotatable bonds is 55. The third-order valence-electron chi connectivity index (χ3n) is 13.0. The summed E-state index contributed by atoms with van der Waals surface area (Å²) in [6.45, 7) is 6.48. The second-order valence-corrected chi connectivity index (χ2v) is 20.2. The Labute approximate surface area is 457 Å². The summed E-state index contributed by atoms with van der Waals surface area (Å²) < 4.78 is 16.8. The van der Waals surface area contributed by atoms with Gasteiger partial charge in [0.15, 0.2) is 6.10 Å². The van der Waals surface area contributed by atoms with Crippen LogP contribution in [0.3, 0.4) is 0 Å². The maximum Gasteiger partial charge on any atom is 0.306 e. The Hall–Kier alpha value is -3.93. The maximum absolute atomic E-state index is 12.9. The van der Waals surface area contributed by atoms with E-state index in [1.54, 1.807) is 0 Å². The van der Waals surface area contributed by atoms with Crippen LogP contribution in [0.25, 0.3) is 0 Å². The second kappa shape index (κ2) is 61.6. The second-order valence-electron chi connectivity index (χ2n) is 20.2. The first kappa shape index (κ1) is 70.1. The quantitative estimate of drug-likeness (QED) is 0.0261. The Morgan fingerprint density at radius 2 is 0.527 bits per heavy atom. The number of unbranched alkanes of at least 4 members (excludes halogenated alkanes) is 26. The standard InChI is InChI=1S/C68H114O6/c1-4-7-10-13-16-19-21-23-25-27-29-30-31-32-33-34-35-36-37-38-39-41-42-44-46-49-52-55-58-61-67(70)73-64-65(63-72-66(69)60-57-54-51-48-18-15-12-9-6-3)74-68(71)62-59-56-53-50-47-45-43-40-28-26-24-22-20-17-14-11-8-5-2/h7,10,16,19,23,25,29-30,32-33,35-36,38-39,42,44,49,52,65H,4-6,8-9,11-15,17-18,20-22,24,26-28,31,34,37,40-41,43,45-48,50-51,53-64H2,1-3H3/b10-7-,19-16-,25-23-,30-29-,33-32-,36-35-,39-38-,44-42-,52-49-. The molecule has 6 heteroatoms. The maximum atomic E-state index is 12.9. The molecule has 74 heavy (non-hydrogen) atoms. The fraction of sp³-hybridized carbons (Fsp3) is 0.691. The van der Waals surface area contributed by atoms with Crippen LogP contribution >= 0.6 is 0 Å². The van der Waals surface area contributed by atoms with Gasteiger partial charge >= 0.3 is 17.9 Å². The molecule has 0 spiro atoms. The van der Waals surface area contributed by atoms with Crippen LogP contribution in [0.5, 0.6) is 0 Å². The van der Waals surface area contributed by atoms with E-state index in [1.165, 1.54) is 135 Å². The molecule has 1 atom stereocenters. The predicted molar refractivity (Wildman–Crippen MR) is 320 cm³/mol. The molecule has 0 bridgehead atoms. The number of ether oxygens (including phenoxy) is 3. The normalized spacial score (nSPS) is 12.9. The van der Waals surface area contributed by atoms with Crippen LogP contribution in [0.1, 0.15) is 284 Å². The molecule has 0 saturated carbocycles. The fourth-order valence-corrected chi connectivity index (χ4v) is 8.44. The van der Waals surface area contributed by atoms with Gasteiger partial charge in [-0.05, 0) is 83.5 Å². The smallest absolute Gasteiger partial charge is 0.306 e. The van der Waals surface area contributed by atoms with Crippen LogP contribution < -0.4 is 0 Å². The Morgan fingerprint density at radius 1 is 0.284 bits per heavy atom. The minimum Gasteiger partial charge on any atom is -0.462 e. The SMILES string of the molecule is CC/C=C\C/C=C\C/C=C\C/C=C\C/C=C\C/C=C\C/C=C\C/C=C\C/C=C\CCCC(=O)OCC(COC(=O)CCCCCCCCCCC)OC(=O)CCCCCCCCCCCCCCCCCCCC. The lowest BCUT2D eigenvalue weighted by atomic mass is 10.0. The van der Waals surface area contributed by atoms with Gasteiger partial charge in [0, 0.05) is 19.3 Å². The van der Waals surface area contributed by atoms with Gasteiger partial charge in [-0.2, -0.15) is 0 Å². The highest BCUT2D eigenvalue weighted by molar-refractivity contribution is 5.71. The van der Waals surface area contributed by atoms with Crippen molar-refractivity contribution in [1.82, 2.24) is 0 Å². The molecule has 0 fully saturated rings. The Kier molecular flexibility index (Phi) is 58.3. The molecule has 0 saturated heterocycles. The average molecular weight is 1030 g/mol. The molecule has 0 aliphatic rings. The number of esters is 3. The summed E-state index contributed by atoms with van der Waals surface area (Å²) in [7, 11) is 0. The molecule has 0 aromatic rings. The molecule has 0 aliphatic heterocycles. The third kappa shape index (κ3) is 59.0. The topological polar surface area (TPSA) is 78.9 Å². The van der Waals surface area contributed by atoms with E-state index in [2.05, 4.69) is 130 Å². The molecule has 0 N–H and O–H groups in total. The number of hydrogen-bond donors (Lipinski definition) is 0. The van der Waals surface area contributed by atoms with E-state index in [0.29, 0.717) is 19.3 Å². The van der Waals surface area contributed by atoms with Crippen LogP contribution in [-0.2, 0) is 28.6 Å². The number of carbonyl (C=O) groups is 3. The van der Waals surface area contributed by atoms with Crippen LogP contribution in [0.2, 0.25) is 0 Å². The minimum atomic E-state index is -0.799. The third-order valence-corrected chi connectivity index (χ3v) is 13.0. The van der Waals surface area contributed by atoms with Gasteiger partial charge < -0.3 is 14.2 Å². The summed E-state index contributed by atoms with van der Waals surface area (Å²) in [5.74, 6) is -0.952. The lowest BCUT2D eigenvalue weighted by molar-refractivity contribution is -0.167. The lowest BCUT2D eigenvalue weighted by Gasteiger charge is -2.18. The van der Waals surface area contributed by atoms with E-state index in [0.717, 1.165) is 103 Å². The van der Waals surface area contributed by atoms with E-state index >= 15 is 0 Å². The molecule has 0 radical (unpaired) electrons. The fourth-order valence-electron chi connectivity index (χ4n) is 8.44. The van der Waals surface area contributed by atoms with Crippen LogP contribution in [0, 0.1) is 0 Å². The van der Waals surface area contributed by atoms with E-state index in [4.69, 9.17) is 14.2 Å². The predicted octanol–water partition coefficient (Wildman–Crippen LogP) is 21.0. The molecule has 0 amide bonds. The van der Waals surface area contributed by atoms with Gasteiger partial charge in [0.1, 0.15) is 13.2 Å². The summed E-state index contributed by atoms with van der Waals surface area (Å²) in [4.78, 5) is 38.1. The highest BCUT2D eigenvalue weighted by Gasteiger charge is 2.19. The van der Waals surface area contributed by atoms with Crippen molar-refractivity contribution in [2.24, 2.45) is 0 Å². The monoisotopic (exact) mass is 1030 g/mol. The van der Waals surface area contributed by atoms with Crippen molar-refractivity contribution in [3.05, 3.63) is 109 Å². The molecule has 0 aliphatic carbocycles. The zero-order chi connectivity index (χ0) is 53.6. The van der Waals surface area contributed by atoms with Crippen molar-refractivity contribution in [3.63, 3.8) is 0 Å². The van der Waals surface area contributed by atoms with Crippen molar-refractivity contribution in [1.29, 1.82) is 0 Å². The first-order valence-electron chi connectivity index (χ1n) is 30.9. The first-order valence-corrected chi connectivity index (χ1v) is 30.9. The molecule has 1 unspecified atom stereocenters. The molecule has 0 aromatic carbocycles. The van der Waals surface area contributed by atoms with Crippen LogP contribution in [0.4, 0.5) is 0 Å². The molecule has 6 nitrogen and oxygen atoms in total. The van der Waals surface area contributed by atoms with E-state index in [1.807, 2.05) is 0 Å². The molecule has 0 aromatic heterocycles. The summed E-state index contributed by atoms with van der Waals surface area (Å²) in [5, 5.41) is 0. The summed E-state index contributed by atoms with van der Waals surface area (Å²) in [5.41, 5.74) is 0. The van der Waals surface area contributed by atoms with Crippen molar-refractivity contribution < 1.29 is 28.6 Å². The van der Waals surface area contributed by atoms with Gasteiger partial charge in [0.2, 0.25) is 0 Å². The van der Waals surface area contributed by atoms with Crippen LogP contribution in [-0.4, -0.2) is 37.2 Å². The summed E-state index contributed by atoms with van der Waals surface area (Å²) >= 11 is 0. The van der Waals surface area contributed by atoms with Crippen molar-refractivity contribution in [2.75, 3.05) is 13.2 Å². The zero-order valence-electron chi connectivity index (χ0n) is 48.3. The van der Waals surface area contributed by atoms with E-state index in [9.17, 15) is 14.4 Å².